The van der Waals surface area contributed by atoms with Gasteiger partial charge in [0.05, 0.1) is 0 Å². The fourth-order valence-electron chi connectivity index (χ4n) is 2.34. The van der Waals surface area contributed by atoms with Crippen LogP contribution >= 0.6 is 0 Å². The molecule has 0 aliphatic heterocycles. The second-order valence-electron chi connectivity index (χ2n) is 4.08. The Bertz CT molecular complexity index is 187. The number of hydrogen-bond donors (Lipinski definition) is 2. The molecule has 1 unspecified atom stereocenters. The first-order valence-corrected chi connectivity index (χ1v) is 5.13. The van der Waals surface area contributed by atoms with E-state index in [1.54, 1.807) is 0 Å². The lowest BCUT2D eigenvalue weighted by molar-refractivity contribution is -0.146. The normalized spacial score (nSPS) is 22.9. The third kappa shape index (κ3) is 2.02. The average molecular weight is 185 g/mol. The summed E-state index contributed by atoms with van der Waals surface area (Å²) < 4.78 is 0. The molecule has 76 valence electrons. The van der Waals surface area contributed by atoms with E-state index in [2.05, 4.69) is 0 Å². The van der Waals surface area contributed by atoms with Crippen LogP contribution in [0.25, 0.3) is 0 Å². The van der Waals surface area contributed by atoms with Crippen molar-refractivity contribution in [3.05, 3.63) is 0 Å². The molecule has 0 saturated heterocycles. The van der Waals surface area contributed by atoms with Gasteiger partial charge in [-0.15, -0.1) is 0 Å². The van der Waals surface area contributed by atoms with Crippen LogP contribution in [0.4, 0.5) is 0 Å². The Hall–Kier alpha value is -0.570. The maximum Gasteiger partial charge on any atom is 0.323 e. The lowest BCUT2D eigenvalue weighted by Crippen LogP contribution is -2.53. The summed E-state index contributed by atoms with van der Waals surface area (Å²) in [5, 5.41) is 9.10. The van der Waals surface area contributed by atoms with Gasteiger partial charge in [-0.1, -0.05) is 26.2 Å². The highest BCUT2D eigenvalue weighted by atomic mass is 16.4. The third-order valence-electron chi connectivity index (χ3n) is 3.15. The quantitative estimate of drug-likeness (QED) is 0.701. The van der Waals surface area contributed by atoms with Crippen molar-refractivity contribution in [3.8, 4) is 0 Å². The molecular formula is C10H19NO2. The zero-order valence-electron chi connectivity index (χ0n) is 8.25. The van der Waals surface area contributed by atoms with E-state index in [4.69, 9.17) is 10.8 Å². The Balaban J connectivity index is 2.69. The Labute approximate surface area is 79.3 Å². The summed E-state index contributed by atoms with van der Waals surface area (Å²) >= 11 is 0. The molecule has 3 nitrogen and oxygen atoms in total. The van der Waals surface area contributed by atoms with Gasteiger partial charge >= 0.3 is 5.97 Å². The van der Waals surface area contributed by atoms with Crippen molar-refractivity contribution in [2.45, 2.75) is 51.0 Å². The van der Waals surface area contributed by atoms with Crippen LogP contribution in [0.5, 0.6) is 0 Å². The third-order valence-corrected chi connectivity index (χ3v) is 3.15. The van der Waals surface area contributed by atoms with Crippen molar-refractivity contribution in [1.29, 1.82) is 0 Å². The molecular weight excluding hydrogens is 166 g/mol. The standard InChI is InChI=1S/C10H19NO2/c1-2-7-10(11,9(12)13)8-5-3-4-6-8/h8H,2-7,11H2,1H3,(H,12,13). The molecule has 0 amide bonds. The maximum absolute atomic E-state index is 11.1. The van der Waals surface area contributed by atoms with Crippen LogP contribution in [-0.4, -0.2) is 16.6 Å². The van der Waals surface area contributed by atoms with E-state index in [9.17, 15) is 4.79 Å². The predicted octanol–water partition coefficient (Wildman–Crippen LogP) is 1.76. The molecule has 1 fully saturated rings. The molecule has 1 rings (SSSR count). The van der Waals surface area contributed by atoms with Gasteiger partial charge in [0.1, 0.15) is 5.54 Å². The van der Waals surface area contributed by atoms with Gasteiger partial charge in [0, 0.05) is 0 Å². The summed E-state index contributed by atoms with van der Waals surface area (Å²) in [5.41, 5.74) is 5.00. The molecule has 1 saturated carbocycles. The monoisotopic (exact) mass is 185 g/mol. The minimum absolute atomic E-state index is 0.199. The summed E-state index contributed by atoms with van der Waals surface area (Å²) in [4.78, 5) is 11.1. The molecule has 13 heavy (non-hydrogen) atoms. The average Bonchev–Trinajstić information content (AvgIpc) is 2.56. The number of hydrogen-bond acceptors (Lipinski definition) is 2. The largest absolute Gasteiger partial charge is 0.480 e. The van der Waals surface area contributed by atoms with Crippen molar-refractivity contribution in [3.63, 3.8) is 0 Å². The molecule has 0 aromatic carbocycles. The van der Waals surface area contributed by atoms with Crippen molar-refractivity contribution >= 4 is 5.97 Å². The van der Waals surface area contributed by atoms with Crippen LogP contribution in [0, 0.1) is 5.92 Å². The molecule has 0 heterocycles. The molecule has 0 radical (unpaired) electrons. The molecule has 3 heteroatoms. The van der Waals surface area contributed by atoms with E-state index in [0.29, 0.717) is 6.42 Å². The van der Waals surface area contributed by atoms with Gasteiger partial charge in [-0.2, -0.15) is 0 Å². The van der Waals surface area contributed by atoms with Crippen molar-refractivity contribution in [2.75, 3.05) is 0 Å². The minimum Gasteiger partial charge on any atom is -0.480 e. The molecule has 0 spiro atoms. The van der Waals surface area contributed by atoms with E-state index in [1.165, 1.54) is 0 Å². The fraction of sp³-hybridized carbons (Fsp3) is 0.900. The van der Waals surface area contributed by atoms with Crippen LogP contribution in [0.2, 0.25) is 0 Å². The predicted molar refractivity (Wildman–Crippen MR) is 51.4 cm³/mol. The van der Waals surface area contributed by atoms with Gasteiger partial charge < -0.3 is 10.8 Å². The molecule has 3 N–H and O–H groups in total. The lowest BCUT2D eigenvalue weighted by atomic mass is 9.80. The van der Waals surface area contributed by atoms with Crippen LogP contribution in [0.3, 0.4) is 0 Å². The maximum atomic E-state index is 11.1. The second kappa shape index (κ2) is 4.09. The first-order chi connectivity index (χ1) is 6.11. The Morgan fingerprint density at radius 1 is 1.54 bits per heavy atom. The second-order valence-corrected chi connectivity index (χ2v) is 4.08. The zero-order chi connectivity index (χ0) is 9.90. The van der Waals surface area contributed by atoms with Crippen molar-refractivity contribution in [2.24, 2.45) is 11.7 Å². The fourth-order valence-corrected chi connectivity index (χ4v) is 2.34. The van der Waals surface area contributed by atoms with E-state index in [0.717, 1.165) is 32.1 Å². The molecule has 0 aromatic rings. The molecule has 0 bridgehead atoms. The van der Waals surface area contributed by atoms with Crippen LogP contribution < -0.4 is 5.73 Å². The van der Waals surface area contributed by atoms with Crippen LogP contribution in [-0.2, 0) is 4.79 Å². The number of nitrogens with two attached hydrogens (primary N) is 1. The van der Waals surface area contributed by atoms with Crippen molar-refractivity contribution in [1.82, 2.24) is 0 Å². The topological polar surface area (TPSA) is 63.3 Å². The Morgan fingerprint density at radius 2 is 2.08 bits per heavy atom. The summed E-state index contributed by atoms with van der Waals surface area (Å²) in [6, 6.07) is 0. The summed E-state index contributed by atoms with van der Waals surface area (Å²) in [6.07, 6.45) is 5.71. The van der Waals surface area contributed by atoms with Gasteiger partial charge in [-0.05, 0) is 25.2 Å². The molecule has 1 aliphatic carbocycles. The number of rotatable bonds is 4. The van der Waals surface area contributed by atoms with Crippen LogP contribution in [0.15, 0.2) is 0 Å². The smallest absolute Gasteiger partial charge is 0.323 e. The highest BCUT2D eigenvalue weighted by Gasteiger charge is 2.42. The van der Waals surface area contributed by atoms with Gasteiger partial charge in [-0.3, -0.25) is 4.79 Å². The first kappa shape index (κ1) is 10.5. The first-order valence-electron chi connectivity index (χ1n) is 5.13. The van der Waals surface area contributed by atoms with Crippen molar-refractivity contribution < 1.29 is 9.90 Å². The summed E-state index contributed by atoms with van der Waals surface area (Å²) in [6.45, 7) is 1.99. The van der Waals surface area contributed by atoms with E-state index >= 15 is 0 Å². The lowest BCUT2D eigenvalue weighted by Gasteiger charge is -2.30. The zero-order valence-corrected chi connectivity index (χ0v) is 8.25. The minimum atomic E-state index is -0.953. The van der Waals surface area contributed by atoms with Gasteiger partial charge in [0.2, 0.25) is 0 Å². The van der Waals surface area contributed by atoms with E-state index in [1.807, 2.05) is 6.92 Å². The number of carboxylic acids is 1. The molecule has 1 atom stereocenters. The number of aliphatic carboxylic acids is 1. The highest BCUT2D eigenvalue weighted by molar-refractivity contribution is 5.79. The SMILES string of the molecule is CCCC(N)(C(=O)O)C1CCCC1. The molecule has 1 aliphatic rings. The number of carbonyl (C=O) groups is 1. The summed E-state index contributed by atoms with van der Waals surface area (Å²) in [5.74, 6) is -0.619. The van der Waals surface area contributed by atoms with Gasteiger partial charge in [0.15, 0.2) is 0 Å². The van der Waals surface area contributed by atoms with Gasteiger partial charge in [-0.25, -0.2) is 0 Å². The number of carboxylic acid groups (broad SMARTS) is 1. The molecule has 0 aromatic heterocycles. The Morgan fingerprint density at radius 3 is 2.46 bits per heavy atom. The van der Waals surface area contributed by atoms with Gasteiger partial charge in [0.25, 0.3) is 0 Å². The Kier molecular flexibility index (Phi) is 3.31. The van der Waals surface area contributed by atoms with Crippen LogP contribution in [0.1, 0.15) is 45.4 Å². The van der Waals surface area contributed by atoms with E-state index in [-0.39, 0.29) is 5.92 Å². The highest BCUT2D eigenvalue weighted by Crippen LogP contribution is 2.35. The summed E-state index contributed by atoms with van der Waals surface area (Å²) in [7, 11) is 0. The van der Waals surface area contributed by atoms with E-state index < -0.39 is 11.5 Å².